The second-order valence-electron chi connectivity index (χ2n) is 2.54. The van der Waals surface area contributed by atoms with E-state index in [1.54, 1.807) is 14.0 Å². The lowest BCUT2D eigenvalue weighted by Gasteiger charge is -2.00. The predicted molar refractivity (Wildman–Crippen MR) is 43.6 cm³/mol. The molecular weight excluding hydrogens is 174 g/mol. The summed E-state index contributed by atoms with van der Waals surface area (Å²) in [4.78, 5) is 10.6. The van der Waals surface area contributed by atoms with Crippen molar-refractivity contribution in [3.63, 3.8) is 0 Å². The lowest BCUT2D eigenvalue weighted by Crippen LogP contribution is -2.08. The first-order valence-corrected chi connectivity index (χ1v) is 3.79. The lowest BCUT2D eigenvalue weighted by molar-refractivity contribution is 0.0689. The lowest BCUT2D eigenvalue weighted by atomic mass is 10.3. The van der Waals surface area contributed by atoms with Crippen molar-refractivity contribution in [1.29, 1.82) is 0 Å². The first-order valence-electron chi connectivity index (χ1n) is 3.79. The third-order valence-electron chi connectivity index (χ3n) is 1.69. The van der Waals surface area contributed by atoms with Crippen molar-refractivity contribution < 1.29 is 14.6 Å². The van der Waals surface area contributed by atoms with Crippen molar-refractivity contribution in [2.45, 2.75) is 13.5 Å². The number of rotatable bonds is 4. The van der Waals surface area contributed by atoms with Gasteiger partial charge in [0.15, 0.2) is 5.69 Å². The number of aromatic nitrogens is 3. The fraction of sp³-hybridized carbons (Fsp3) is 0.571. The van der Waals surface area contributed by atoms with Gasteiger partial charge in [-0.05, 0) is 6.92 Å². The molecule has 0 fully saturated rings. The third-order valence-corrected chi connectivity index (χ3v) is 1.69. The summed E-state index contributed by atoms with van der Waals surface area (Å²) in [5, 5.41) is 15.9. The number of nitrogens with zero attached hydrogens (tertiary/aromatic N) is 3. The third kappa shape index (κ3) is 2.03. The summed E-state index contributed by atoms with van der Waals surface area (Å²) < 4.78 is 6.34. The van der Waals surface area contributed by atoms with E-state index < -0.39 is 5.97 Å². The molecule has 13 heavy (non-hydrogen) atoms. The van der Waals surface area contributed by atoms with Gasteiger partial charge in [-0.25, -0.2) is 9.48 Å². The zero-order chi connectivity index (χ0) is 9.84. The molecule has 0 aliphatic rings. The maximum Gasteiger partial charge on any atom is 0.358 e. The average molecular weight is 185 g/mol. The summed E-state index contributed by atoms with van der Waals surface area (Å²) in [7, 11) is 1.57. The van der Waals surface area contributed by atoms with Crippen LogP contribution in [0.3, 0.4) is 0 Å². The highest BCUT2D eigenvalue weighted by atomic mass is 16.5. The van der Waals surface area contributed by atoms with Crippen molar-refractivity contribution in [3.05, 3.63) is 11.4 Å². The fourth-order valence-corrected chi connectivity index (χ4v) is 0.948. The normalized spacial score (nSPS) is 10.3. The van der Waals surface area contributed by atoms with Gasteiger partial charge in [0.25, 0.3) is 0 Å². The summed E-state index contributed by atoms with van der Waals surface area (Å²) >= 11 is 0. The van der Waals surface area contributed by atoms with Gasteiger partial charge in [0.2, 0.25) is 0 Å². The molecule has 1 heterocycles. The monoisotopic (exact) mass is 185 g/mol. The first-order chi connectivity index (χ1) is 6.16. The molecule has 0 aliphatic carbocycles. The highest BCUT2D eigenvalue weighted by molar-refractivity contribution is 5.86. The second-order valence-corrected chi connectivity index (χ2v) is 2.54. The van der Waals surface area contributed by atoms with E-state index in [1.165, 1.54) is 4.68 Å². The quantitative estimate of drug-likeness (QED) is 0.710. The molecule has 0 saturated carbocycles. The molecule has 1 aromatic heterocycles. The molecule has 1 N–H and O–H groups in total. The summed E-state index contributed by atoms with van der Waals surface area (Å²) in [6.07, 6.45) is 0. The molecule has 6 heteroatoms. The zero-order valence-electron chi connectivity index (χ0n) is 7.52. The van der Waals surface area contributed by atoms with E-state index in [1.807, 2.05) is 0 Å². The molecule has 0 unspecified atom stereocenters. The van der Waals surface area contributed by atoms with E-state index in [4.69, 9.17) is 9.84 Å². The van der Waals surface area contributed by atoms with Crippen LogP contribution in [0.2, 0.25) is 0 Å². The van der Waals surface area contributed by atoms with E-state index in [9.17, 15) is 4.79 Å². The number of ether oxygens (including phenoxy) is 1. The minimum Gasteiger partial charge on any atom is -0.476 e. The zero-order valence-corrected chi connectivity index (χ0v) is 7.52. The summed E-state index contributed by atoms with van der Waals surface area (Å²) in [6.45, 7) is 2.67. The van der Waals surface area contributed by atoms with Crippen LogP contribution in [0.15, 0.2) is 0 Å². The van der Waals surface area contributed by atoms with Gasteiger partial charge in [-0.2, -0.15) is 0 Å². The maximum atomic E-state index is 10.6. The molecule has 1 aromatic rings. The molecule has 72 valence electrons. The second kappa shape index (κ2) is 3.99. The molecule has 0 aliphatic heterocycles. The van der Waals surface area contributed by atoms with Gasteiger partial charge in [-0.15, -0.1) is 5.10 Å². The Labute approximate surface area is 75.1 Å². The first kappa shape index (κ1) is 9.66. The smallest absolute Gasteiger partial charge is 0.358 e. The molecule has 0 spiro atoms. The minimum atomic E-state index is -1.05. The van der Waals surface area contributed by atoms with Gasteiger partial charge < -0.3 is 9.84 Å². The van der Waals surface area contributed by atoms with E-state index in [0.717, 1.165) is 0 Å². The Morgan fingerprint density at radius 3 is 2.85 bits per heavy atom. The van der Waals surface area contributed by atoms with Gasteiger partial charge in [-0.3, -0.25) is 0 Å². The number of aromatic carboxylic acids is 1. The predicted octanol–water partition coefficient (Wildman–Crippen LogP) is -0.0689. The van der Waals surface area contributed by atoms with Gasteiger partial charge in [0.05, 0.1) is 18.8 Å². The fourth-order valence-electron chi connectivity index (χ4n) is 0.948. The van der Waals surface area contributed by atoms with Gasteiger partial charge in [0.1, 0.15) is 0 Å². The maximum absolute atomic E-state index is 10.6. The number of hydrogen-bond acceptors (Lipinski definition) is 4. The Bertz CT molecular complexity index is 308. The number of carboxylic acids is 1. The molecule has 0 amide bonds. The van der Waals surface area contributed by atoms with Gasteiger partial charge in [-0.1, -0.05) is 5.21 Å². The Kier molecular flexibility index (Phi) is 2.97. The van der Waals surface area contributed by atoms with Crippen LogP contribution >= 0.6 is 0 Å². The van der Waals surface area contributed by atoms with Gasteiger partial charge in [0, 0.05) is 7.11 Å². The number of carboxylic acid groups (broad SMARTS) is 1. The van der Waals surface area contributed by atoms with E-state index in [2.05, 4.69) is 10.3 Å². The van der Waals surface area contributed by atoms with Crippen molar-refractivity contribution >= 4 is 5.97 Å². The summed E-state index contributed by atoms with van der Waals surface area (Å²) in [5.74, 6) is -1.05. The molecule has 0 saturated heterocycles. The van der Waals surface area contributed by atoms with E-state index in [0.29, 0.717) is 18.8 Å². The van der Waals surface area contributed by atoms with Crippen LogP contribution in [-0.4, -0.2) is 39.8 Å². The molecule has 0 radical (unpaired) electrons. The highest BCUT2D eigenvalue weighted by Crippen LogP contribution is 2.02. The van der Waals surface area contributed by atoms with Crippen LogP contribution in [0.5, 0.6) is 0 Å². The van der Waals surface area contributed by atoms with Crippen molar-refractivity contribution in [3.8, 4) is 0 Å². The molecule has 0 bridgehead atoms. The Morgan fingerprint density at radius 2 is 2.38 bits per heavy atom. The molecule has 0 aromatic carbocycles. The number of methoxy groups -OCH3 is 1. The Balaban J connectivity index is 2.80. The Morgan fingerprint density at radius 1 is 1.69 bits per heavy atom. The largest absolute Gasteiger partial charge is 0.476 e. The molecule has 0 atom stereocenters. The Hall–Kier alpha value is -1.43. The number of hydrogen-bond donors (Lipinski definition) is 1. The summed E-state index contributed by atoms with van der Waals surface area (Å²) in [6, 6.07) is 0. The SMILES string of the molecule is COCCn1nnc(C(=O)O)c1C. The van der Waals surface area contributed by atoms with Crippen molar-refractivity contribution in [2.24, 2.45) is 0 Å². The van der Waals surface area contributed by atoms with Crippen LogP contribution in [0, 0.1) is 6.92 Å². The van der Waals surface area contributed by atoms with Crippen LogP contribution in [0.4, 0.5) is 0 Å². The average Bonchev–Trinajstić information content (AvgIpc) is 2.43. The van der Waals surface area contributed by atoms with Crippen LogP contribution in [0.25, 0.3) is 0 Å². The minimum absolute atomic E-state index is 0.00361. The molecule has 1 rings (SSSR count). The van der Waals surface area contributed by atoms with E-state index >= 15 is 0 Å². The van der Waals surface area contributed by atoms with Crippen LogP contribution < -0.4 is 0 Å². The molecule has 6 nitrogen and oxygen atoms in total. The highest BCUT2D eigenvalue weighted by Gasteiger charge is 2.14. The van der Waals surface area contributed by atoms with Crippen LogP contribution in [0.1, 0.15) is 16.2 Å². The van der Waals surface area contributed by atoms with Crippen molar-refractivity contribution in [1.82, 2.24) is 15.0 Å². The summed E-state index contributed by atoms with van der Waals surface area (Å²) in [5.41, 5.74) is 0.542. The van der Waals surface area contributed by atoms with Gasteiger partial charge >= 0.3 is 5.97 Å². The van der Waals surface area contributed by atoms with E-state index in [-0.39, 0.29) is 5.69 Å². The number of carbonyl (C=O) groups is 1. The van der Waals surface area contributed by atoms with Crippen molar-refractivity contribution in [2.75, 3.05) is 13.7 Å². The standard InChI is InChI=1S/C7H11N3O3/c1-5-6(7(11)12)8-9-10(5)3-4-13-2/h3-4H2,1-2H3,(H,11,12). The van der Waals surface area contributed by atoms with Crippen LogP contribution in [-0.2, 0) is 11.3 Å². The molecular formula is C7H11N3O3. The topological polar surface area (TPSA) is 77.2 Å².